The van der Waals surface area contributed by atoms with Crippen molar-refractivity contribution in [1.82, 2.24) is 0 Å². The number of hydrogen-bond acceptors (Lipinski definition) is 9. The van der Waals surface area contributed by atoms with Gasteiger partial charge in [0.05, 0.1) is 29.5 Å². The number of cyclic esters (lactones) is 1. The van der Waals surface area contributed by atoms with E-state index in [0.29, 0.717) is 32.3 Å². The molecule has 0 bridgehead atoms. The lowest BCUT2D eigenvalue weighted by Crippen LogP contribution is -2.69. The van der Waals surface area contributed by atoms with E-state index >= 15 is 0 Å². The fraction of sp³-hybridized carbons (Fsp3) is 0.897. The van der Waals surface area contributed by atoms with Gasteiger partial charge in [0.1, 0.15) is 12.7 Å². The van der Waals surface area contributed by atoms with Crippen LogP contribution < -0.4 is 0 Å². The van der Waals surface area contributed by atoms with Crippen LogP contribution in [0.4, 0.5) is 0 Å². The standard InChI is InChI=1S/C39H63NO8/c1-4-5-6-7-8-9-10-11-20-40-25-37-17-12-28(48-34-22-32(41)35(43)26(2)47-34)23-38(37,44)18-14-31-30(37)13-16-36(3)29(15-19-39(31,36)45)27-21-33(42)46-24-27/h21,25-26,28-32,34-35,41,43-45H,4-20,22-24H2,1-3H3/t26-,28+,29-,30+,31-,32+,34-,35-,36-,37+,38+,39+/m1/s1. The summed E-state index contributed by atoms with van der Waals surface area (Å²) in [4.78, 5) is 17.1. The summed E-state index contributed by atoms with van der Waals surface area (Å²) in [6, 6.07) is 0. The Labute approximate surface area is 287 Å². The molecule has 0 amide bonds. The van der Waals surface area contributed by atoms with E-state index in [1.165, 1.54) is 44.9 Å². The monoisotopic (exact) mass is 673 g/mol. The number of fused-ring (bicyclic) bond motifs is 5. The molecule has 6 aliphatic rings. The van der Waals surface area contributed by atoms with Crippen LogP contribution >= 0.6 is 0 Å². The first-order valence-corrected chi connectivity index (χ1v) is 19.5. The van der Waals surface area contributed by atoms with Gasteiger partial charge in [0.2, 0.25) is 0 Å². The third-order valence-corrected chi connectivity index (χ3v) is 14.1. The van der Waals surface area contributed by atoms with Gasteiger partial charge < -0.3 is 34.6 Å². The van der Waals surface area contributed by atoms with Crippen LogP contribution in [-0.2, 0) is 19.0 Å². The molecular weight excluding hydrogens is 610 g/mol. The molecule has 272 valence electrons. The van der Waals surface area contributed by atoms with E-state index in [0.717, 1.165) is 50.6 Å². The van der Waals surface area contributed by atoms with E-state index in [2.05, 4.69) is 20.1 Å². The van der Waals surface area contributed by atoms with Gasteiger partial charge in [-0.25, -0.2) is 4.79 Å². The fourth-order valence-electron chi connectivity index (χ4n) is 11.3. The number of aliphatic imine (C=N–C) groups is 1. The van der Waals surface area contributed by atoms with Crippen molar-refractivity contribution in [2.24, 2.45) is 33.6 Å². The Morgan fingerprint density at radius 2 is 1.69 bits per heavy atom. The zero-order valence-corrected chi connectivity index (χ0v) is 29.8. The van der Waals surface area contributed by atoms with E-state index in [1.807, 2.05) is 0 Å². The summed E-state index contributed by atoms with van der Waals surface area (Å²) in [5.74, 6) is -0.0240. The highest BCUT2D eigenvalue weighted by Crippen LogP contribution is 2.70. The summed E-state index contributed by atoms with van der Waals surface area (Å²) in [5.41, 5.74) is -1.80. The van der Waals surface area contributed by atoms with Crippen molar-refractivity contribution < 1.29 is 39.4 Å². The summed E-state index contributed by atoms with van der Waals surface area (Å²) >= 11 is 0. The van der Waals surface area contributed by atoms with Crippen molar-refractivity contribution in [3.8, 4) is 0 Å². The molecule has 0 aromatic rings. The Kier molecular flexibility index (Phi) is 11.2. The highest BCUT2D eigenvalue weighted by Gasteiger charge is 2.71. The largest absolute Gasteiger partial charge is 0.458 e. The first kappa shape index (κ1) is 36.4. The number of nitrogens with zero attached hydrogens (tertiary/aromatic N) is 1. The minimum atomic E-state index is -1.03. The first-order chi connectivity index (χ1) is 23.0. The molecule has 9 nitrogen and oxygen atoms in total. The second kappa shape index (κ2) is 14.7. The minimum Gasteiger partial charge on any atom is -0.458 e. The van der Waals surface area contributed by atoms with Crippen molar-refractivity contribution in [2.45, 2.75) is 178 Å². The molecule has 4 N–H and O–H groups in total. The van der Waals surface area contributed by atoms with Crippen molar-refractivity contribution >= 4 is 12.2 Å². The summed E-state index contributed by atoms with van der Waals surface area (Å²) < 4.78 is 17.6. The topological polar surface area (TPSA) is 138 Å². The van der Waals surface area contributed by atoms with Gasteiger partial charge in [0.15, 0.2) is 6.29 Å². The lowest BCUT2D eigenvalue weighted by Gasteiger charge is -2.66. The molecule has 12 atom stereocenters. The molecule has 0 radical (unpaired) electrons. The van der Waals surface area contributed by atoms with Gasteiger partial charge in [0.25, 0.3) is 0 Å². The van der Waals surface area contributed by atoms with Gasteiger partial charge in [-0.15, -0.1) is 0 Å². The first-order valence-electron chi connectivity index (χ1n) is 19.5. The van der Waals surface area contributed by atoms with Gasteiger partial charge in [-0.2, -0.15) is 0 Å². The molecule has 5 fully saturated rings. The highest BCUT2D eigenvalue weighted by molar-refractivity contribution is 5.85. The molecule has 0 unspecified atom stereocenters. The van der Waals surface area contributed by atoms with Crippen LogP contribution in [0, 0.1) is 28.6 Å². The molecule has 48 heavy (non-hydrogen) atoms. The summed E-state index contributed by atoms with van der Waals surface area (Å²) in [6.07, 6.45) is 17.2. The second-order valence-corrected chi connectivity index (χ2v) is 16.7. The van der Waals surface area contributed by atoms with Crippen LogP contribution in [-0.4, -0.2) is 87.7 Å². The lowest BCUT2D eigenvalue weighted by molar-refractivity contribution is -0.282. The average Bonchev–Trinajstić information content (AvgIpc) is 3.60. The predicted octanol–water partition coefficient (Wildman–Crippen LogP) is 5.79. The molecule has 4 saturated carbocycles. The van der Waals surface area contributed by atoms with Gasteiger partial charge >= 0.3 is 5.97 Å². The van der Waals surface area contributed by atoms with Crippen LogP contribution in [0.5, 0.6) is 0 Å². The summed E-state index contributed by atoms with van der Waals surface area (Å²) in [5, 5.41) is 46.1. The third kappa shape index (κ3) is 6.58. The lowest BCUT2D eigenvalue weighted by atomic mass is 9.41. The summed E-state index contributed by atoms with van der Waals surface area (Å²) in [6.45, 7) is 7.31. The maximum absolute atomic E-state index is 12.8. The third-order valence-electron chi connectivity index (χ3n) is 14.1. The van der Waals surface area contributed by atoms with Gasteiger partial charge in [-0.3, -0.25) is 4.99 Å². The Morgan fingerprint density at radius 1 is 0.958 bits per heavy atom. The Hall–Kier alpha value is -1.36. The number of hydrogen-bond donors (Lipinski definition) is 4. The Bertz CT molecular complexity index is 1180. The number of unbranched alkanes of at least 4 members (excludes halogenated alkanes) is 7. The SMILES string of the molecule is CCCCCCCCCCN=C[C@]12CC[C@H](O[C@@H]3C[C@H](O)[C@H](O)[C@@H](C)O3)C[C@@]1(O)CC[C@@H]1[C@@H]2CC[C@]2(C)[C@@H](C3=CC(=O)OC3)CC[C@]12O. The molecule has 4 aliphatic carbocycles. The summed E-state index contributed by atoms with van der Waals surface area (Å²) in [7, 11) is 0. The fourth-order valence-corrected chi connectivity index (χ4v) is 11.3. The Morgan fingerprint density at radius 3 is 2.40 bits per heavy atom. The molecule has 0 spiro atoms. The minimum absolute atomic E-state index is 0.0337. The van der Waals surface area contributed by atoms with E-state index in [4.69, 9.17) is 19.2 Å². The maximum atomic E-state index is 12.8. The molecule has 9 heteroatoms. The number of ether oxygens (including phenoxy) is 3. The number of aliphatic hydroxyl groups is 4. The molecular formula is C39H63NO8. The maximum Gasteiger partial charge on any atom is 0.331 e. The van der Waals surface area contributed by atoms with Gasteiger partial charge in [-0.1, -0.05) is 58.8 Å². The highest BCUT2D eigenvalue weighted by atomic mass is 16.7. The van der Waals surface area contributed by atoms with Crippen LogP contribution in [0.15, 0.2) is 16.6 Å². The van der Waals surface area contributed by atoms with Crippen molar-refractivity contribution in [3.05, 3.63) is 11.6 Å². The molecule has 2 heterocycles. The molecule has 2 aliphatic heterocycles. The molecule has 0 aromatic carbocycles. The molecule has 1 saturated heterocycles. The van der Waals surface area contributed by atoms with E-state index < -0.39 is 41.2 Å². The average molecular weight is 674 g/mol. The number of esters is 1. The van der Waals surface area contributed by atoms with Gasteiger partial charge in [-0.05, 0) is 88.0 Å². The number of rotatable bonds is 13. The van der Waals surface area contributed by atoms with Crippen LogP contribution in [0.1, 0.15) is 136 Å². The van der Waals surface area contributed by atoms with E-state index in [1.54, 1.807) is 13.0 Å². The van der Waals surface area contributed by atoms with E-state index in [9.17, 15) is 25.2 Å². The normalized spacial score (nSPS) is 45.8. The predicted molar refractivity (Wildman–Crippen MR) is 183 cm³/mol. The zero-order chi connectivity index (χ0) is 34.2. The zero-order valence-electron chi connectivity index (χ0n) is 29.8. The number of aliphatic hydroxyl groups excluding tert-OH is 2. The quantitative estimate of drug-likeness (QED) is 0.0835. The van der Waals surface area contributed by atoms with Crippen LogP contribution in [0.25, 0.3) is 0 Å². The number of carbonyl (C=O) groups is 1. The van der Waals surface area contributed by atoms with Crippen molar-refractivity contribution in [3.63, 3.8) is 0 Å². The van der Waals surface area contributed by atoms with Crippen molar-refractivity contribution in [2.75, 3.05) is 13.2 Å². The van der Waals surface area contributed by atoms with Crippen molar-refractivity contribution in [1.29, 1.82) is 0 Å². The Balaban J connectivity index is 1.19. The molecule has 0 aromatic heterocycles. The number of carbonyl (C=O) groups excluding carboxylic acids is 1. The molecule has 6 rings (SSSR count). The second-order valence-electron chi connectivity index (χ2n) is 16.7. The smallest absolute Gasteiger partial charge is 0.331 e. The van der Waals surface area contributed by atoms with E-state index in [-0.39, 0.29) is 41.7 Å². The van der Waals surface area contributed by atoms with Crippen LogP contribution in [0.3, 0.4) is 0 Å². The van der Waals surface area contributed by atoms with Gasteiger partial charge in [0, 0.05) is 42.5 Å². The van der Waals surface area contributed by atoms with Crippen LogP contribution in [0.2, 0.25) is 0 Å².